The van der Waals surface area contributed by atoms with Gasteiger partial charge in [0, 0.05) is 16.9 Å². The molecule has 0 amide bonds. The Morgan fingerprint density at radius 3 is 2.35 bits per heavy atom. The molecule has 0 aliphatic rings. The van der Waals surface area contributed by atoms with Gasteiger partial charge in [0.2, 0.25) is 0 Å². The van der Waals surface area contributed by atoms with Gasteiger partial charge in [-0.05, 0) is 34.2 Å². The summed E-state index contributed by atoms with van der Waals surface area (Å²) in [5.41, 5.74) is 1.91. The van der Waals surface area contributed by atoms with Crippen LogP contribution in [0.15, 0.2) is 24.3 Å². The summed E-state index contributed by atoms with van der Waals surface area (Å²) >= 11 is 14.6. The summed E-state index contributed by atoms with van der Waals surface area (Å²) in [6.07, 6.45) is 0.583. The number of halogens is 3. The normalized spacial score (nSPS) is 11.7. The fraction of sp³-hybridized carbons (Fsp3) is 0.333. The molecule has 0 aliphatic heterocycles. The van der Waals surface area contributed by atoms with Gasteiger partial charge in [-0.2, -0.15) is 0 Å². The van der Waals surface area contributed by atoms with E-state index in [9.17, 15) is 0 Å². The molecule has 0 atom stereocenters. The van der Waals surface area contributed by atoms with Gasteiger partial charge in [-0.15, -0.1) is 0 Å². The van der Waals surface area contributed by atoms with Crippen LogP contribution in [0, 0.1) is 3.57 Å². The second-order valence-corrected chi connectivity index (χ2v) is 7.46. The SMILES string of the molecule is CC(C)(C)c1nc(Cc2ccccc2Cl)nc(Cl)c1I. The van der Waals surface area contributed by atoms with Crippen LogP contribution in [-0.2, 0) is 11.8 Å². The highest BCUT2D eigenvalue weighted by molar-refractivity contribution is 14.1. The van der Waals surface area contributed by atoms with Crippen molar-refractivity contribution >= 4 is 45.8 Å². The van der Waals surface area contributed by atoms with Crippen LogP contribution in [0.1, 0.15) is 37.9 Å². The molecule has 2 rings (SSSR count). The van der Waals surface area contributed by atoms with E-state index in [0.717, 1.165) is 19.9 Å². The highest BCUT2D eigenvalue weighted by Gasteiger charge is 2.22. The van der Waals surface area contributed by atoms with Gasteiger partial charge in [0.1, 0.15) is 11.0 Å². The molecule has 0 spiro atoms. The van der Waals surface area contributed by atoms with E-state index < -0.39 is 0 Å². The summed E-state index contributed by atoms with van der Waals surface area (Å²) in [5.74, 6) is 0.702. The molecular weight excluding hydrogens is 406 g/mol. The summed E-state index contributed by atoms with van der Waals surface area (Å²) in [6, 6.07) is 7.72. The predicted molar refractivity (Wildman–Crippen MR) is 92.7 cm³/mol. The van der Waals surface area contributed by atoms with Crippen LogP contribution in [0.2, 0.25) is 10.2 Å². The summed E-state index contributed by atoms with van der Waals surface area (Å²) in [5, 5.41) is 1.23. The van der Waals surface area contributed by atoms with Crippen LogP contribution < -0.4 is 0 Å². The van der Waals surface area contributed by atoms with Crippen LogP contribution in [0.25, 0.3) is 0 Å². The monoisotopic (exact) mass is 420 g/mol. The minimum absolute atomic E-state index is 0.0711. The van der Waals surface area contributed by atoms with Crippen molar-refractivity contribution in [2.75, 3.05) is 0 Å². The van der Waals surface area contributed by atoms with Crippen LogP contribution in [0.5, 0.6) is 0 Å². The molecule has 20 heavy (non-hydrogen) atoms. The molecule has 5 heteroatoms. The Kier molecular flexibility index (Phi) is 4.92. The lowest BCUT2D eigenvalue weighted by Gasteiger charge is -2.20. The fourth-order valence-electron chi connectivity index (χ4n) is 1.85. The largest absolute Gasteiger partial charge is 0.236 e. The predicted octanol–water partition coefficient (Wildman–Crippen LogP) is 5.28. The first-order valence-electron chi connectivity index (χ1n) is 6.25. The maximum Gasteiger partial charge on any atom is 0.146 e. The molecule has 1 aromatic heterocycles. The van der Waals surface area contributed by atoms with E-state index in [1.165, 1.54) is 0 Å². The smallest absolute Gasteiger partial charge is 0.146 e. The van der Waals surface area contributed by atoms with Gasteiger partial charge in [0.15, 0.2) is 0 Å². The molecule has 2 nitrogen and oxygen atoms in total. The molecule has 106 valence electrons. The van der Waals surface area contributed by atoms with Gasteiger partial charge in [-0.1, -0.05) is 62.2 Å². The first-order valence-corrected chi connectivity index (χ1v) is 8.08. The summed E-state index contributed by atoms with van der Waals surface area (Å²) in [7, 11) is 0. The van der Waals surface area contributed by atoms with Crippen molar-refractivity contribution in [2.45, 2.75) is 32.6 Å². The van der Waals surface area contributed by atoms with Crippen molar-refractivity contribution in [3.8, 4) is 0 Å². The van der Waals surface area contributed by atoms with Gasteiger partial charge < -0.3 is 0 Å². The summed E-state index contributed by atoms with van der Waals surface area (Å²) < 4.78 is 0.916. The van der Waals surface area contributed by atoms with Gasteiger partial charge >= 0.3 is 0 Å². The number of rotatable bonds is 2. The Balaban J connectivity index is 2.44. The third kappa shape index (κ3) is 3.62. The number of benzene rings is 1. The van der Waals surface area contributed by atoms with Crippen LogP contribution in [0.4, 0.5) is 0 Å². The van der Waals surface area contributed by atoms with Gasteiger partial charge in [-0.25, -0.2) is 9.97 Å². The number of hydrogen-bond acceptors (Lipinski definition) is 2. The lowest BCUT2D eigenvalue weighted by atomic mass is 9.92. The molecule has 1 aromatic carbocycles. The highest BCUT2D eigenvalue weighted by atomic mass is 127. The molecule has 0 bridgehead atoms. The van der Waals surface area contributed by atoms with Crippen molar-refractivity contribution in [1.29, 1.82) is 0 Å². The zero-order valence-corrected chi connectivity index (χ0v) is 15.2. The molecular formula is C15H15Cl2IN2. The van der Waals surface area contributed by atoms with Crippen molar-refractivity contribution in [3.05, 3.63) is 55.1 Å². The average molecular weight is 421 g/mol. The van der Waals surface area contributed by atoms with Crippen molar-refractivity contribution in [1.82, 2.24) is 9.97 Å². The van der Waals surface area contributed by atoms with Gasteiger partial charge in [0.05, 0.1) is 9.26 Å². The number of nitrogens with zero attached hydrogens (tertiary/aromatic N) is 2. The van der Waals surface area contributed by atoms with Crippen molar-refractivity contribution in [2.24, 2.45) is 0 Å². The third-order valence-electron chi connectivity index (χ3n) is 2.87. The average Bonchev–Trinajstić information content (AvgIpc) is 2.35. The Hall–Kier alpha value is -0.390. The maximum atomic E-state index is 6.24. The molecule has 0 radical (unpaired) electrons. The van der Waals surface area contributed by atoms with E-state index in [-0.39, 0.29) is 5.41 Å². The minimum atomic E-state index is -0.0711. The van der Waals surface area contributed by atoms with E-state index in [4.69, 9.17) is 23.2 Å². The number of hydrogen-bond donors (Lipinski definition) is 0. The first kappa shape index (κ1) is 16.0. The standard InChI is InChI=1S/C15H15Cl2IN2/c1-15(2,3)13-12(18)14(17)20-11(19-13)8-9-6-4-5-7-10(9)16/h4-7H,8H2,1-3H3. The quantitative estimate of drug-likeness (QED) is 0.488. The van der Waals surface area contributed by atoms with Crippen LogP contribution in [-0.4, -0.2) is 9.97 Å². The topological polar surface area (TPSA) is 25.8 Å². The lowest BCUT2D eigenvalue weighted by molar-refractivity contribution is 0.558. The summed E-state index contributed by atoms with van der Waals surface area (Å²) in [4.78, 5) is 9.05. The Bertz CT molecular complexity index is 636. The van der Waals surface area contributed by atoms with E-state index in [1.807, 2.05) is 24.3 Å². The third-order valence-corrected chi connectivity index (χ3v) is 4.86. The van der Waals surface area contributed by atoms with Crippen molar-refractivity contribution in [3.63, 3.8) is 0 Å². The van der Waals surface area contributed by atoms with Gasteiger partial charge in [0.25, 0.3) is 0 Å². The second-order valence-electron chi connectivity index (χ2n) is 5.61. The van der Waals surface area contributed by atoms with E-state index in [2.05, 4.69) is 53.3 Å². The molecule has 0 aliphatic carbocycles. The Morgan fingerprint density at radius 1 is 1.10 bits per heavy atom. The Morgan fingerprint density at radius 2 is 1.75 bits per heavy atom. The molecule has 0 N–H and O–H groups in total. The van der Waals surface area contributed by atoms with Crippen LogP contribution >= 0.6 is 45.8 Å². The van der Waals surface area contributed by atoms with Crippen molar-refractivity contribution < 1.29 is 0 Å². The molecule has 1 heterocycles. The zero-order chi connectivity index (χ0) is 14.9. The second kappa shape index (κ2) is 6.16. The van der Waals surface area contributed by atoms with E-state index >= 15 is 0 Å². The Labute approximate surface area is 143 Å². The maximum absolute atomic E-state index is 6.24. The molecule has 2 aromatic rings. The number of aromatic nitrogens is 2. The minimum Gasteiger partial charge on any atom is -0.236 e. The molecule has 0 unspecified atom stereocenters. The van der Waals surface area contributed by atoms with Crippen LogP contribution in [0.3, 0.4) is 0 Å². The lowest BCUT2D eigenvalue weighted by Crippen LogP contribution is -2.18. The summed E-state index contributed by atoms with van der Waals surface area (Å²) in [6.45, 7) is 6.35. The molecule has 0 saturated heterocycles. The molecule has 0 fully saturated rings. The zero-order valence-electron chi connectivity index (χ0n) is 11.5. The van der Waals surface area contributed by atoms with E-state index in [0.29, 0.717) is 17.4 Å². The fourth-order valence-corrected chi connectivity index (χ4v) is 3.29. The van der Waals surface area contributed by atoms with Gasteiger partial charge in [-0.3, -0.25) is 0 Å². The first-order chi connectivity index (χ1) is 9.29. The molecule has 0 saturated carbocycles. The highest BCUT2D eigenvalue weighted by Crippen LogP contribution is 2.30. The van der Waals surface area contributed by atoms with E-state index in [1.54, 1.807) is 0 Å².